The zero-order valence-corrected chi connectivity index (χ0v) is 11.1. The largest absolute Gasteiger partial charge is 0.462 e. The van der Waals surface area contributed by atoms with Crippen molar-refractivity contribution in [3.63, 3.8) is 0 Å². The fourth-order valence-electron chi connectivity index (χ4n) is 1.71. The first kappa shape index (κ1) is 14.0. The standard InChI is InChI=1S/C15H15FN2O2/c1-2-20-15(19)13-4-3-9-17-14(13)18-10-11-5-7-12(16)8-6-11/h3-9H,2,10H2,1H3,(H,17,18). The molecular weight excluding hydrogens is 259 g/mol. The summed E-state index contributed by atoms with van der Waals surface area (Å²) in [6.45, 7) is 2.51. The Balaban J connectivity index is 2.09. The highest BCUT2D eigenvalue weighted by Crippen LogP contribution is 2.14. The first-order chi connectivity index (χ1) is 9.70. The minimum absolute atomic E-state index is 0.279. The molecule has 0 aliphatic heterocycles. The maximum atomic E-state index is 12.8. The third kappa shape index (κ3) is 3.54. The van der Waals surface area contributed by atoms with Crippen LogP contribution in [0.4, 0.5) is 10.2 Å². The number of pyridine rings is 1. The van der Waals surface area contributed by atoms with E-state index >= 15 is 0 Å². The number of hydrogen-bond donors (Lipinski definition) is 1. The van der Waals surface area contributed by atoms with Crippen LogP contribution in [0.2, 0.25) is 0 Å². The molecule has 4 nitrogen and oxygen atoms in total. The van der Waals surface area contributed by atoms with Crippen LogP contribution in [0.3, 0.4) is 0 Å². The molecule has 0 fully saturated rings. The van der Waals surface area contributed by atoms with Crippen molar-refractivity contribution in [3.8, 4) is 0 Å². The number of anilines is 1. The highest BCUT2D eigenvalue weighted by atomic mass is 19.1. The third-order valence-corrected chi connectivity index (χ3v) is 2.68. The van der Waals surface area contributed by atoms with Gasteiger partial charge in [-0.1, -0.05) is 12.1 Å². The number of ether oxygens (including phenoxy) is 1. The summed E-state index contributed by atoms with van der Waals surface area (Å²) in [5.41, 5.74) is 1.28. The Hall–Kier alpha value is -2.43. The molecule has 0 atom stereocenters. The van der Waals surface area contributed by atoms with E-state index < -0.39 is 5.97 Å². The molecule has 1 N–H and O–H groups in total. The molecule has 2 aromatic rings. The molecule has 5 heteroatoms. The molecule has 0 amide bonds. The van der Waals surface area contributed by atoms with Gasteiger partial charge in [0.05, 0.1) is 6.61 Å². The van der Waals surface area contributed by atoms with Crippen LogP contribution in [0.5, 0.6) is 0 Å². The molecule has 1 aromatic carbocycles. The number of benzene rings is 1. The number of carbonyl (C=O) groups excluding carboxylic acids is 1. The molecule has 20 heavy (non-hydrogen) atoms. The maximum Gasteiger partial charge on any atom is 0.341 e. The van der Waals surface area contributed by atoms with Gasteiger partial charge in [-0.25, -0.2) is 14.2 Å². The van der Waals surface area contributed by atoms with E-state index in [1.165, 1.54) is 12.1 Å². The van der Waals surface area contributed by atoms with Gasteiger partial charge in [-0.05, 0) is 36.8 Å². The first-order valence-corrected chi connectivity index (χ1v) is 6.31. The van der Waals surface area contributed by atoms with Crippen molar-refractivity contribution in [1.82, 2.24) is 4.98 Å². The minimum atomic E-state index is -0.415. The number of nitrogens with one attached hydrogen (secondary N) is 1. The summed E-state index contributed by atoms with van der Waals surface area (Å²) in [5.74, 6) is -0.240. The van der Waals surface area contributed by atoms with E-state index in [9.17, 15) is 9.18 Å². The van der Waals surface area contributed by atoms with E-state index in [0.29, 0.717) is 24.5 Å². The van der Waals surface area contributed by atoms with Crippen molar-refractivity contribution in [2.45, 2.75) is 13.5 Å². The van der Waals surface area contributed by atoms with Crippen molar-refractivity contribution in [2.75, 3.05) is 11.9 Å². The maximum absolute atomic E-state index is 12.8. The Kier molecular flexibility index (Phi) is 4.65. The van der Waals surface area contributed by atoms with Crippen LogP contribution in [-0.4, -0.2) is 17.6 Å². The molecule has 0 radical (unpaired) electrons. The average Bonchev–Trinajstić information content (AvgIpc) is 2.47. The third-order valence-electron chi connectivity index (χ3n) is 2.68. The Morgan fingerprint density at radius 2 is 2.05 bits per heavy atom. The summed E-state index contributed by atoms with van der Waals surface area (Å²) in [6, 6.07) is 9.46. The van der Waals surface area contributed by atoms with Gasteiger partial charge in [0.25, 0.3) is 0 Å². The molecule has 0 bridgehead atoms. The second-order valence-corrected chi connectivity index (χ2v) is 4.10. The summed E-state index contributed by atoms with van der Waals surface area (Å²) >= 11 is 0. The highest BCUT2D eigenvalue weighted by Gasteiger charge is 2.12. The SMILES string of the molecule is CCOC(=O)c1cccnc1NCc1ccc(F)cc1. The van der Waals surface area contributed by atoms with Gasteiger partial charge in [0, 0.05) is 12.7 Å². The summed E-state index contributed by atoms with van der Waals surface area (Å²) in [6.07, 6.45) is 1.59. The monoisotopic (exact) mass is 274 g/mol. The van der Waals surface area contributed by atoms with Crippen LogP contribution in [0, 0.1) is 5.82 Å². The van der Waals surface area contributed by atoms with E-state index in [-0.39, 0.29) is 5.82 Å². The van der Waals surface area contributed by atoms with E-state index in [0.717, 1.165) is 5.56 Å². The molecule has 1 heterocycles. The minimum Gasteiger partial charge on any atom is -0.462 e. The van der Waals surface area contributed by atoms with Gasteiger partial charge in [-0.2, -0.15) is 0 Å². The molecule has 0 saturated heterocycles. The molecular formula is C15H15FN2O2. The molecule has 0 aliphatic rings. The van der Waals surface area contributed by atoms with Crippen LogP contribution in [0.25, 0.3) is 0 Å². The molecule has 0 saturated carbocycles. The number of aromatic nitrogens is 1. The van der Waals surface area contributed by atoms with Crippen molar-refractivity contribution < 1.29 is 13.9 Å². The summed E-state index contributed by atoms with van der Waals surface area (Å²) in [7, 11) is 0. The second-order valence-electron chi connectivity index (χ2n) is 4.10. The zero-order chi connectivity index (χ0) is 14.4. The molecule has 0 aliphatic carbocycles. The topological polar surface area (TPSA) is 51.2 Å². The Bertz CT molecular complexity index is 585. The molecule has 0 unspecified atom stereocenters. The predicted molar refractivity (Wildman–Crippen MR) is 73.9 cm³/mol. The van der Waals surface area contributed by atoms with E-state index in [1.54, 1.807) is 37.4 Å². The number of hydrogen-bond acceptors (Lipinski definition) is 4. The number of carbonyl (C=O) groups is 1. The quantitative estimate of drug-likeness (QED) is 0.851. The molecule has 1 aromatic heterocycles. The smallest absolute Gasteiger partial charge is 0.341 e. The van der Waals surface area contributed by atoms with Crippen LogP contribution < -0.4 is 5.32 Å². The lowest BCUT2D eigenvalue weighted by molar-refractivity contribution is 0.0527. The highest BCUT2D eigenvalue weighted by molar-refractivity contribution is 5.94. The van der Waals surface area contributed by atoms with Crippen molar-refractivity contribution >= 4 is 11.8 Å². The number of esters is 1. The number of rotatable bonds is 5. The van der Waals surface area contributed by atoms with Crippen LogP contribution >= 0.6 is 0 Å². The second kappa shape index (κ2) is 6.65. The zero-order valence-electron chi connectivity index (χ0n) is 11.1. The predicted octanol–water partition coefficient (Wildman–Crippen LogP) is 3.01. The molecule has 0 spiro atoms. The summed E-state index contributed by atoms with van der Waals surface area (Å²) in [4.78, 5) is 15.9. The lowest BCUT2D eigenvalue weighted by Crippen LogP contribution is -2.11. The van der Waals surface area contributed by atoms with Gasteiger partial charge >= 0.3 is 5.97 Å². The first-order valence-electron chi connectivity index (χ1n) is 6.31. The fourth-order valence-corrected chi connectivity index (χ4v) is 1.71. The van der Waals surface area contributed by atoms with E-state index in [4.69, 9.17) is 4.74 Å². The fraction of sp³-hybridized carbons (Fsp3) is 0.200. The molecule has 104 valence electrons. The number of halogens is 1. The van der Waals surface area contributed by atoms with Crippen molar-refractivity contribution in [2.24, 2.45) is 0 Å². The van der Waals surface area contributed by atoms with Gasteiger partial charge in [0.15, 0.2) is 0 Å². The average molecular weight is 274 g/mol. The van der Waals surface area contributed by atoms with Gasteiger partial charge in [-0.3, -0.25) is 0 Å². The molecule has 2 rings (SSSR count). The van der Waals surface area contributed by atoms with E-state index in [2.05, 4.69) is 10.3 Å². The van der Waals surface area contributed by atoms with Crippen LogP contribution in [-0.2, 0) is 11.3 Å². The van der Waals surface area contributed by atoms with Gasteiger partial charge in [-0.15, -0.1) is 0 Å². The van der Waals surface area contributed by atoms with Gasteiger partial charge < -0.3 is 10.1 Å². The Morgan fingerprint density at radius 3 is 2.75 bits per heavy atom. The van der Waals surface area contributed by atoms with Gasteiger partial charge in [0.1, 0.15) is 17.2 Å². The number of nitrogens with zero attached hydrogens (tertiary/aromatic N) is 1. The summed E-state index contributed by atoms with van der Waals surface area (Å²) in [5, 5.41) is 3.05. The lowest BCUT2D eigenvalue weighted by atomic mass is 10.2. The van der Waals surface area contributed by atoms with E-state index in [1.807, 2.05) is 0 Å². The van der Waals surface area contributed by atoms with Crippen molar-refractivity contribution in [1.29, 1.82) is 0 Å². The Morgan fingerprint density at radius 1 is 1.30 bits per heavy atom. The van der Waals surface area contributed by atoms with Crippen LogP contribution in [0.1, 0.15) is 22.8 Å². The van der Waals surface area contributed by atoms with Crippen LogP contribution in [0.15, 0.2) is 42.6 Å². The van der Waals surface area contributed by atoms with Gasteiger partial charge in [0.2, 0.25) is 0 Å². The lowest BCUT2D eigenvalue weighted by Gasteiger charge is -2.10. The van der Waals surface area contributed by atoms with Crippen molar-refractivity contribution in [3.05, 3.63) is 59.5 Å². The Labute approximate surface area is 116 Å². The summed E-state index contributed by atoms with van der Waals surface area (Å²) < 4.78 is 17.8. The normalized spacial score (nSPS) is 10.1.